The molecule has 1 N–H and O–H groups in total. The number of carbonyl (C=O) groups is 2. The highest BCUT2D eigenvalue weighted by Crippen LogP contribution is 2.15. The number of rotatable bonds is 45. The van der Waals surface area contributed by atoms with Gasteiger partial charge in [-0.1, -0.05) is 39.0 Å². The van der Waals surface area contributed by atoms with E-state index >= 15 is 0 Å². The van der Waals surface area contributed by atoms with Crippen LogP contribution in [0.25, 0.3) is 0 Å². The van der Waals surface area contributed by atoms with Crippen LogP contribution in [0.5, 0.6) is 5.75 Å². The number of nitrogens with one attached hydrogen (secondary N) is 1. The van der Waals surface area contributed by atoms with Gasteiger partial charge in [-0.2, -0.15) is 0 Å². The van der Waals surface area contributed by atoms with E-state index in [4.69, 9.17) is 61.6 Å². The number of anilines is 1. The number of esters is 1. The third-order valence-corrected chi connectivity index (χ3v) is 7.62. The Kier molecular flexibility index (Phi) is 39.7. The van der Waals surface area contributed by atoms with E-state index in [1.165, 1.54) is 32.6 Å². The van der Waals surface area contributed by atoms with Gasteiger partial charge in [0.2, 0.25) is 5.91 Å². The molecule has 57 heavy (non-hydrogen) atoms. The summed E-state index contributed by atoms with van der Waals surface area (Å²) in [4.78, 5) is 22.7. The van der Waals surface area contributed by atoms with Gasteiger partial charge >= 0.3 is 5.97 Å². The van der Waals surface area contributed by atoms with Gasteiger partial charge < -0.3 is 66.9 Å². The SMILES string of the molecule is CCCCCCCCC(=O)OCCOCCOCCOCCOCCOCCOCCOCCOCCOCCOCCOCCOc1ccc(NC(C)=O)cc1. The van der Waals surface area contributed by atoms with E-state index in [1.54, 1.807) is 24.3 Å². The zero-order chi connectivity index (χ0) is 41.0. The first-order valence-electron chi connectivity index (χ1n) is 20.6. The lowest BCUT2D eigenvalue weighted by Gasteiger charge is -2.09. The van der Waals surface area contributed by atoms with Gasteiger partial charge in [-0.15, -0.1) is 0 Å². The lowest BCUT2D eigenvalue weighted by Crippen LogP contribution is -2.16. The monoisotopic (exact) mass is 819 g/mol. The number of carbonyl (C=O) groups excluding carboxylic acids is 2. The lowest BCUT2D eigenvalue weighted by molar-refractivity contribution is -0.145. The van der Waals surface area contributed by atoms with Gasteiger partial charge in [-0.05, 0) is 30.7 Å². The molecule has 0 radical (unpaired) electrons. The highest BCUT2D eigenvalue weighted by atomic mass is 16.6. The summed E-state index contributed by atoms with van der Waals surface area (Å²) < 4.78 is 71.1. The average Bonchev–Trinajstić information content (AvgIpc) is 3.20. The minimum atomic E-state index is -0.148. The van der Waals surface area contributed by atoms with E-state index in [-0.39, 0.29) is 18.5 Å². The van der Waals surface area contributed by atoms with Gasteiger partial charge in [0.25, 0.3) is 0 Å². The fraction of sp³-hybridized carbons (Fsp3) is 0.805. The fourth-order valence-corrected chi connectivity index (χ4v) is 4.69. The second kappa shape index (κ2) is 43.1. The van der Waals surface area contributed by atoms with Crippen LogP contribution >= 0.6 is 0 Å². The summed E-state index contributed by atoms with van der Waals surface area (Å²) in [6.45, 7) is 14.8. The van der Waals surface area contributed by atoms with Crippen molar-refractivity contribution in [3.8, 4) is 5.75 Å². The molecule has 0 aromatic heterocycles. The average molecular weight is 820 g/mol. The van der Waals surface area contributed by atoms with E-state index in [2.05, 4.69) is 12.2 Å². The van der Waals surface area contributed by atoms with Crippen LogP contribution in [0.15, 0.2) is 24.3 Å². The maximum absolute atomic E-state index is 11.7. The van der Waals surface area contributed by atoms with Crippen molar-refractivity contribution in [2.45, 2.75) is 58.8 Å². The number of ether oxygens (including phenoxy) is 13. The highest BCUT2D eigenvalue weighted by Gasteiger charge is 2.03. The molecule has 1 amide bonds. The van der Waals surface area contributed by atoms with Crippen LogP contribution in [0.2, 0.25) is 0 Å². The van der Waals surface area contributed by atoms with Crippen LogP contribution in [-0.4, -0.2) is 170 Å². The zero-order valence-electron chi connectivity index (χ0n) is 34.9. The molecule has 0 heterocycles. The Morgan fingerprint density at radius 1 is 0.421 bits per heavy atom. The number of amides is 1. The van der Waals surface area contributed by atoms with Crippen LogP contribution in [0.3, 0.4) is 0 Å². The smallest absolute Gasteiger partial charge is 0.305 e. The van der Waals surface area contributed by atoms with Gasteiger partial charge in [0.05, 0.1) is 145 Å². The second-order valence-electron chi connectivity index (χ2n) is 12.5. The van der Waals surface area contributed by atoms with Crippen LogP contribution in [0.4, 0.5) is 5.69 Å². The first-order chi connectivity index (χ1) is 28.1. The van der Waals surface area contributed by atoms with Crippen molar-refractivity contribution in [3.05, 3.63) is 24.3 Å². The van der Waals surface area contributed by atoms with E-state index in [9.17, 15) is 9.59 Å². The van der Waals surface area contributed by atoms with Crippen molar-refractivity contribution in [1.29, 1.82) is 0 Å². The summed E-state index contributed by atoms with van der Waals surface area (Å²) in [6.07, 6.45) is 7.39. The maximum Gasteiger partial charge on any atom is 0.305 e. The van der Waals surface area contributed by atoms with Gasteiger partial charge in [0, 0.05) is 19.0 Å². The Labute approximate surface area is 341 Å². The molecular formula is C41H73NO15. The standard InChI is InChI=1S/C41H73NO15/c1-3-4-5-6-7-8-9-41(44)57-37-35-55-33-31-53-29-27-51-25-23-49-21-19-47-17-15-45-14-16-46-18-20-48-22-24-50-26-28-52-30-32-54-34-36-56-40-12-10-39(11-13-40)42-38(2)43/h10-13H,3-9,14-37H2,1-2H3,(H,42,43). The molecule has 16 nitrogen and oxygen atoms in total. The Morgan fingerprint density at radius 2 is 0.737 bits per heavy atom. The van der Waals surface area contributed by atoms with Crippen molar-refractivity contribution in [3.63, 3.8) is 0 Å². The van der Waals surface area contributed by atoms with Crippen molar-refractivity contribution in [2.75, 3.05) is 164 Å². The Hall–Kier alpha value is -2.48. The molecule has 16 heteroatoms. The van der Waals surface area contributed by atoms with Crippen molar-refractivity contribution < 1.29 is 71.2 Å². The first-order valence-corrected chi connectivity index (χ1v) is 20.6. The molecular weight excluding hydrogens is 746 g/mol. The zero-order valence-corrected chi connectivity index (χ0v) is 34.9. The summed E-state index contributed by atoms with van der Waals surface area (Å²) in [6, 6.07) is 7.17. The molecule has 0 bridgehead atoms. The minimum absolute atomic E-state index is 0.111. The largest absolute Gasteiger partial charge is 0.491 e. The summed E-state index contributed by atoms with van der Waals surface area (Å²) in [5, 5.41) is 2.71. The number of hydrogen-bond donors (Lipinski definition) is 1. The van der Waals surface area contributed by atoms with Crippen molar-refractivity contribution in [2.24, 2.45) is 0 Å². The summed E-state index contributed by atoms with van der Waals surface area (Å²) in [7, 11) is 0. The van der Waals surface area contributed by atoms with Gasteiger partial charge in [-0.3, -0.25) is 9.59 Å². The van der Waals surface area contributed by atoms with E-state index in [0.29, 0.717) is 164 Å². The van der Waals surface area contributed by atoms with Gasteiger partial charge in [0.15, 0.2) is 0 Å². The predicted molar refractivity (Wildman–Crippen MR) is 214 cm³/mol. The molecule has 0 atom stereocenters. The molecule has 0 aliphatic heterocycles. The lowest BCUT2D eigenvalue weighted by atomic mass is 10.1. The Bertz CT molecular complexity index is 1000. The minimum Gasteiger partial charge on any atom is -0.491 e. The molecule has 0 unspecified atom stereocenters. The quantitative estimate of drug-likeness (QED) is 0.0722. The summed E-state index contributed by atoms with van der Waals surface area (Å²) >= 11 is 0. The van der Waals surface area contributed by atoms with Crippen molar-refractivity contribution >= 4 is 17.6 Å². The number of benzene rings is 1. The maximum atomic E-state index is 11.7. The molecule has 0 saturated heterocycles. The van der Waals surface area contributed by atoms with E-state index in [0.717, 1.165) is 18.5 Å². The van der Waals surface area contributed by atoms with Crippen molar-refractivity contribution in [1.82, 2.24) is 0 Å². The molecule has 1 rings (SSSR count). The molecule has 332 valence electrons. The highest BCUT2D eigenvalue weighted by molar-refractivity contribution is 5.88. The van der Waals surface area contributed by atoms with E-state index < -0.39 is 0 Å². The third kappa shape index (κ3) is 40.1. The molecule has 0 aliphatic rings. The summed E-state index contributed by atoms with van der Waals surface area (Å²) in [5.74, 6) is 0.455. The van der Waals surface area contributed by atoms with Crippen LogP contribution in [-0.2, 0) is 66.4 Å². The summed E-state index contributed by atoms with van der Waals surface area (Å²) in [5.41, 5.74) is 0.729. The van der Waals surface area contributed by atoms with E-state index in [1.807, 2.05) is 0 Å². The molecule has 0 saturated carbocycles. The second-order valence-corrected chi connectivity index (χ2v) is 12.5. The van der Waals surface area contributed by atoms with Crippen LogP contribution in [0, 0.1) is 0 Å². The Morgan fingerprint density at radius 3 is 1.09 bits per heavy atom. The molecule has 0 aliphatic carbocycles. The molecule has 0 fully saturated rings. The predicted octanol–water partition coefficient (Wildman–Crippen LogP) is 4.50. The molecule has 1 aromatic carbocycles. The number of unbranched alkanes of at least 4 members (excludes halogenated alkanes) is 5. The first kappa shape index (κ1) is 52.5. The van der Waals surface area contributed by atoms with Crippen LogP contribution in [0.1, 0.15) is 58.8 Å². The number of hydrogen-bond acceptors (Lipinski definition) is 15. The van der Waals surface area contributed by atoms with Crippen LogP contribution < -0.4 is 10.1 Å². The van der Waals surface area contributed by atoms with Gasteiger partial charge in [-0.25, -0.2) is 0 Å². The fourth-order valence-electron chi connectivity index (χ4n) is 4.69. The topological polar surface area (TPSA) is 166 Å². The molecule has 1 aromatic rings. The van der Waals surface area contributed by atoms with Gasteiger partial charge in [0.1, 0.15) is 19.0 Å². The molecule has 0 spiro atoms. The normalized spacial score (nSPS) is 11.3. The Balaban J connectivity index is 1.65. The third-order valence-electron chi connectivity index (χ3n) is 7.62.